The van der Waals surface area contributed by atoms with E-state index in [2.05, 4.69) is 10.3 Å². The molecule has 0 unspecified atom stereocenters. The van der Waals surface area contributed by atoms with Crippen LogP contribution in [0.4, 0.5) is 5.69 Å². The van der Waals surface area contributed by atoms with Gasteiger partial charge in [0.05, 0.1) is 22.0 Å². The second kappa shape index (κ2) is 4.87. The van der Waals surface area contributed by atoms with Gasteiger partial charge in [-0.15, -0.1) is 0 Å². The van der Waals surface area contributed by atoms with Crippen molar-refractivity contribution in [3.63, 3.8) is 0 Å². The van der Waals surface area contributed by atoms with Gasteiger partial charge in [0.1, 0.15) is 5.65 Å². The van der Waals surface area contributed by atoms with Crippen LogP contribution in [0, 0.1) is 0 Å². The van der Waals surface area contributed by atoms with Crippen LogP contribution in [0.25, 0.3) is 17.3 Å². The number of nitrogens with one attached hydrogen (secondary N) is 1. The van der Waals surface area contributed by atoms with E-state index in [1.807, 2.05) is 22.7 Å². The fourth-order valence-electron chi connectivity index (χ4n) is 2.51. The van der Waals surface area contributed by atoms with E-state index in [1.165, 1.54) is 0 Å². The number of hydrogen-bond donors (Lipinski definition) is 1. The molecule has 6 heteroatoms. The maximum atomic E-state index is 12.1. The van der Waals surface area contributed by atoms with Crippen LogP contribution >= 0.6 is 23.2 Å². The number of imidazole rings is 1. The molecule has 0 saturated carbocycles. The number of amides is 1. The molecule has 0 atom stereocenters. The molecule has 0 fully saturated rings. The molecule has 1 N–H and O–H groups in total. The molecule has 22 heavy (non-hydrogen) atoms. The third-order valence-electron chi connectivity index (χ3n) is 3.49. The quantitative estimate of drug-likeness (QED) is 0.682. The fraction of sp³-hybridized carbons (Fsp3) is 0. The van der Waals surface area contributed by atoms with Crippen molar-refractivity contribution in [2.75, 3.05) is 5.32 Å². The Morgan fingerprint density at radius 1 is 1.09 bits per heavy atom. The number of nitrogens with zero attached hydrogens (tertiary/aromatic N) is 2. The number of halogens is 2. The molecule has 2 aromatic heterocycles. The smallest absolute Gasteiger partial charge is 0.256 e. The highest BCUT2D eigenvalue weighted by atomic mass is 35.5. The van der Waals surface area contributed by atoms with E-state index < -0.39 is 0 Å². The molecule has 0 spiro atoms. The number of aromatic nitrogens is 2. The minimum absolute atomic E-state index is 0.160. The third-order valence-corrected chi connectivity index (χ3v) is 3.95. The van der Waals surface area contributed by atoms with Crippen molar-refractivity contribution in [3.8, 4) is 0 Å². The zero-order chi connectivity index (χ0) is 15.3. The Labute approximate surface area is 136 Å². The van der Waals surface area contributed by atoms with Crippen LogP contribution in [-0.2, 0) is 4.79 Å². The van der Waals surface area contributed by atoms with E-state index in [0.717, 1.165) is 16.9 Å². The van der Waals surface area contributed by atoms with Crippen molar-refractivity contribution in [2.45, 2.75) is 0 Å². The Kier molecular flexibility index (Phi) is 2.96. The van der Waals surface area contributed by atoms with Crippen LogP contribution in [0.15, 0.2) is 42.7 Å². The molecule has 3 heterocycles. The van der Waals surface area contributed by atoms with Gasteiger partial charge in [0.2, 0.25) is 0 Å². The van der Waals surface area contributed by atoms with Crippen molar-refractivity contribution < 1.29 is 4.79 Å². The lowest BCUT2D eigenvalue weighted by Crippen LogP contribution is -2.03. The van der Waals surface area contributed by atoms with Gasteiger partial charge in [-0.05, 0) is 30.3 Å². The van der Waals surface area contributed by atoms with Gasteiger partial charge in [-0.2, -0.15) is 0 Å². The molecule has 3 aromatic rings. The summed E-state index contributed by atoms with van der Waals surface area (Å²) in [5.74, 6) is -0.160. The van der Waals surface area contributed by atoms with Crippen LogP contribution in [0.3, 0.4) is 0 Å². The zero-order valence-corrected chi connectivity index (χ0v) is 12.7. The summed E-state index contributed by atoms with van der Waals surface area (Å²) in [6.45, 7) is 0. The van der Waals surface area contributed by atoms with Crippen molar-refractivity contribution in [1.29, 1.82) is 0 Å². The molecule has 108 valence electrons. The number of pyridine rings is 1. The minimum atomic E-state index is -0.160. The third kappa shape index (κ3) is 2.17. The summed E-state index contributed by atoms with van der Waals surface area (Å²) >= 11 is 11.9. The van der Waals surface area contributed by atoms with E-state index in [4.69, 9.17) is 23.2 Å². The number of anilines is 1. The number of hydrogen-bond acceptors (Lipinski definition) is 2. The molecule has 4 rings (SSSR count). The summed E-state index contributed by atoms with van der Waals surface area (Å²) < 4.78 is 1.82. The highest BCUT2D eigenvalue weighted by Crippen LogP contribution is 2.34. The second-order valence-corrected chi connectivity index (χ2v) is 5.85. The first-order chi connectivity index (χ1) is 10.6. The molecule has 0 radical (unpaired) electrons. The van der Waals surface area contributed by atoms with Crippen LogP contribution in [0.2, 0.25) is 10.0 Å². The standard InChI is InChI=1S/C16H9Cl2N3O/c17-9-1-3-12-13(16(22)20-14(12)5-9)6-11-8-21-7-10(18)2-4-15(21)19-11/h1-8H,(H,20,22). The first-order valence-electron chi connectivity index (χ1n) is 6.57. The highest BCUT2D eigenvalue weighted by molar-refractivity contribution is 6.36. The average molecular weight is 330 g/mol. The first-order valence-corrected chi connectivity index (χ1v) is 7.33. The van der Waals surface area contributed by atoms with Crippen molar-refractivity contribution >= 4 is 52.1 Å². The van der Waals surface area contributed by atoms with Gasteiger partial charge in [0.25, 0.3) is 5.91 Å². The molecule has 0 bridgehead atoms. The van der Waals surface area contributed by atoms with Crippen molar-refractivity contribution in [1.82, 2.24) is 9.38 Å². The summed E-state index contributed by atoms with van der Waals surface area (Å²) in [4.78, 5) is 16.6. The summed E-state index contributed by atoms with van der Waals surface area (Å²) in [6, 6.07) is 8.93. The van der Waals surface area contributed by atoms with Crippen molar-refractivity contribution in [2.24, 2.45) is 0 Å². The van der Waals surface area contributed by atoms with Crippen LogP contribution in [-0.4, -0.2) is 15.3 Å². The van der Waals surface area contributed by atoms with E-state index in [1.54, 1.807) is 30.5 Å². The first kappa shape index (κ1) is 13.4. The minimum Gasteiger partial charge on any atom is -0.321 e. The average Bonchev–Trinajstić information content (AvgIpc) is 2.99. The maximum absolute atomic E-state index is 12.1. The Morgan fingerprint density at radius 2 is 1.91 bits per heavy atom. The fourth-order valence-corrected chi connectivity index (χ4v) is 2.85. The number of carbonyl (C=O) groups excluding carboxylic acids is 1. The predicted molar refractivity (Wildman–Crippen MR) is 88.2 cm³/mol. The SMILES string of the molecule is O=C1Nc2cc(Cl)ccc2C1=Cc1cn2cc(Cl)ccc2n1. The van der Waals surface area contributed by atoms with Gasteiger partial charge in [0.15, 0.2) is 0 Å². The van der Waals surface area contributed by atoms with Crippen LogP contribution < -0.4 is 5.32 Å². The Hall–Kier alpha value is -2.30. The lowest BCUT2D eigenvalue weighted by molar-refractivity contribution is -0.110. The van der Waals surface area contributed by atoms with Crippen LogP contribution in [0.5, 0.6) is 0 Å². The largest absolute Gasteiger partial charge is 0.321 e. The second-order valence-electron chi connectivity index (χ2n) is 4.98. The van der Waals surface area contributed by atoms with E-state index in [-0.39, 0.29) is 5.91 Å². The molecule has 0 aliphatic carbocycles. The van der Waals surface area contributed by atoms with Gasteiger partial charge in [-0.25, -0.2) is 4.98 Å². The molecule has 4 nitrogen and oxygen atoms in total. The van der Waals surface area contributed by atoms with Gasteiger partial charge in [0, 0.05) is 23.0 Å². The molecule has 1 aliphatic rings. The van der Waals surface area contributed by atoms with Crippen molar-refractivity contribution in [3.05, 3.63) is 64.0 Å². The summed E-state index contributed by atoms with van der Waals surface area (Å²) in [5.41, 5.74) is 3.57. The number of benzene rings is 1. The van der Waals surface area contributed by atoms with Gasteiger partial charge in [-0.3, -0.25) is 4.79 Å². The lowest BCUT2D eigenvalue weighted by atomic mass is 10.1. The monoisotopic (exact) mass is 329 g/mol. The van der Waals surface area contributed by atoms with E-state index in [9.17, 15) is 4.79 Å². The summed E-state index contributed by atoms with van der Waals surface area (Å²) in [7, 11) is 0. The van der Waals surface area contributed by atoms with Gasteiger partial charge < -0.3 is 9.72 Å². The van der Waals surface area contributed by atoms with Gasteiger partial charge >= 0.3 is 0 Å². The predicted octanol–water partition coefficient (Wildman–Crippen LogP) is 4.13. The molecular formula is C16H9Cl2N3O. The zero-order valence-electron chi connectivity index (χ0n) is 11.2. The highest BCUT2D eigenvalue weighted by Gasteiger charge is 2.24. The van der Waals surface area contributed by atoms with E-state index >= 15 is 0 Å². The number of fused-ring (bicyclic) bond motifs is 2. The topological polar surface area (TPSA) is 46.4 Å². The molecule has 1 amide bonds. The molecular weight excluding hydrogens is 321 g/mol. The Balaban J connectivity index is 1.83. The van der Waals surface area contributed by atoms with Gasteiger partial charge in [-0.1, -0.05) is 29.3 Å². The molecule has 1 aromatic carbocycles. The normalized spacial score (nSPS) is 15.4. The number of carbonyl (C=O) groups is 1. The lowest BCUT2D eigenvalue weighted by Gasteiger charge is -1.97. The molecule has 1 aliphatic heterocycles. The van der Waals surface area contributed by atoms with E-state index in [0.29, 0.717) is 21.3 Å². The summed E-state index contributed by atoms with van der Waals surface area (Å²) in [6.07, 6.45) is 5.36. The Morgan fingerprint density at radius 3 is 2.77 bits per heavy atom. The Bertz CT molecular complexity index is 959. The number of rotatable bonds is 1. The maximum Gasteiger partial charge on any atom is 0.256 e. The summed E-state index contributed by atoms with van der Waals surface area (Å²) in [5, 5.41) is 4.02. The van der Waals surface area contributed by atoms with Crippen LogP contribution in [0.1, 0.15) is 11.3 Å². The molecule has 0 saturated heterocycles.